The van der Waals surface area contributed by atoms with E-state index in [1.165, 1.54) is 11.1 Å². The first-order valence-electron chi connectivity index (χ1n) is 19.0. The second-order valence-electron chi connectivity index (χ2n) is 15.5. The summed E-state index contributed by atoms with van der Waals surface area (Å²) < 4.78 is 14.2. The molecule has 6 aliphatic rings. The van der Waals surface area contributed by atoms with Gasteiger partial charge < -0.3 is 9.47 Å². The number of rotatable bonds is 2. The summed E-state index contributed by atoms with van der Waals surface area (Å²) in [5.74, 6) is 0.694. The molecular weight excluding hydrogens is 713 g/mol. The van der Waals surface area contributed by atoms with E-state index in [0.717, 1.165) is 106 Å². The van der Waals surface area contributed by atoms with E-state index < -0.39 is 11.2 Å². The standard InChI is InChI=1S/C46H34O6S2/c47-39-27-11-3-4-12-28(27)40(48)33(39)19-25-21-37-43(53-25)31-24-36-32(23-35(31)45(51-37)15-7-1-8-16-45)44-38(52-46(36)17-9-2-10-18-46)22-26(54-44)20-34-41(49)29-13-5-6-14-30(29)42(34)50/h3-6,11-14,19-24H,1-2,7-10,15-18H2. The van der Waals surface area contributed by atoms with E-state index >= 15 is 0 Å². The van der Waals surface area contributed by atoms with E-state index in [9.17, 15) is 19.2 Å². The van der Waals surface area contributed by atoms with Crippen molar-refractivity contribution in [1.29, 1.82) is 0 Å². The van der Waals surface area contributed by atoms with Gasteiger partial charge in [0.1, 0.15) is 22.7 Å². The summed E-state index contributed by atoms with van der Waals surface area (Å²) in [5.41, 5.74) is 5.90. The van der Waals surface area contributed by atoms with Crippen LogP contribution in [0, 0.1) is 0 Å². The van der Waals surface area contributed by atoms with E-state index in [1.807, 2.05) is 12.1 Å². The Labute approximate surface area is 320 Å². The van der Waals surface area contributed by atoms with E-state index in [0.29, 0.717) is 22.3 Å². The number of fused-ring (bicyclic) bond motifs is 10. The molecule has 0 bridgehead atoms. The number of carbonyl (C=O) groups excluding carboxylic acids is 4. The van der Waals surface area contributed by atoms with Gasteiger partial charge in [0.2, 0.25) is 0 Å². The minimum atomic E-state index is -0.495. The minimum absolute atomic E-state index is 0.197. The quantitative estimate of drug-likeness (QED) is 0.132. The molecule has 0 atom stereocenters. The fourth-order valence-corrected chi connectivity index (χ4v) is 11.9. The Bertz CT molecular complexity index is 2350. The van der Waals surface area contributed by atoms with Gasteiger partial charge in [-0.2, -0.15) is 0 Å². The molecule has 0 radical (unpaired) electrons. The van der Waals surface area contributed by atoms with Crippen molar-refractivity contribution in [2.24, 2.45) is 0 Å². The zero-order valence-corrected chi connectivity index (χ0v) is 31.1. The lowest BCUT2D eigenvalue weighted by molar-refractivity contribution is 0.0205. The SMILES string of the molecule is O=C1C(=Cc2cc3c(s2)-c2cc4c(cc2C2(CCCCC2)O3)-c2sc(C=C3C(=O)c5ccccc5C3=O)cc2OC42CCCCC2)C(=O)c2ccccc21. The van der Waals surface area contributed by atoms with Crippen LogP contribution in [-0.2, 0) is 11.2 Å². The molecule has 2 aromatic heterocycles. The summed E-state index contributed by atoms with van der Waals surface area (Å²) in [6.07, 6.45) is 13.7. The lowest BCUT2D eigenvalue weighted by Gasteiger charge is -2.45. The van der Waals surface area contributed by atoms with Crippen molar-refractivity contribution in [2.45, 2.75) is 75.4 Å². The number of carbonyl (C=O) groups is 4. The maximum atomic E-state index is 13.3. The van der Waals surface area contributed by atoms with Crippen molar-refractivity contribution in [3.8, 4) is 32.4 Å². The van der Waals surface area contributed by atoms with Gasteiger partial charge in [-0.05, 0) is 87.8 Å². The summed E-state index contributed by atoms with van der Waals surface area (Å²) in [4.78, 5) is 57.0. The average molecular weight is 747 g/mol. The topological polar surface area (TPSA) is 86.7 Å². The Hall–Kier alpha value is -5.18. The second kappa shape index (κ2) is 11.7. The molecule has 0 unspecified atom stereocenters. The first-order valence-corrected chi connectivity index (χ1v) is 20.6. The van der Waals surface area contributed by atoms with E-state index in [-0.39, 0.29) is 34.3 Å². The van der Waals surface area contributed by atoms with Crippen LogP contribution in [0.4, 0.5) is 0 Å². The minimum Gasteiger partial charge on any atom is -0.481 e. The Kier molecular flexibility index (Phi) is 6.97. The molecule has 2 saturated carbocycles. The van der Waals surface area contributed by atoms with Gasteiger partial charge in [0.05, 0.1) is 20.9 Å². The van der Waals surface area contributed by atoms with Crippen LogP contribution in [-0.4, -0.2) is 23.1 Å². The summed E-state index contributed by atoms with van der Waals surface area (Å²) in [6, 6.07) is 22.8. The lowest BCUT2D eigenvalue weighted by Crippen LogP contribution is -2.40. The van der Waals surface area contributed by atoms with Crippen molar-refractivity contribution < 1.29 is 28.7 Å². The third-order valence-electron chi connectivity index (χ3n) is 12.4. The highest BCUT2D eigenvalue weighted by atomic mass is 32.1. The molecule has 0 N–H and O–H groups in total. The molecule has 0 saturated heterocycles. The molecule has 11 rings (SSSR count). The monoisotopic (exact) mass is 746 g/mol. The van der Waals surface area contributed by atoms with Gasteiger partial charge in [-0.3, -0.25) is 19.2 Å². The van der Waals surface area contributed by atoms with Crippen LogP contribution in [0.15, 0.2) is 83.9 Å². The fourth-order valence-electron chi connectivity index (χ4n) is 9.79. The predicted octanol–water partition coefficient (Wildman–Crippen LogP) is 11.2. The lowest BCUT2D eigenvalue weighted by atomic mass is 9.71. The zero-order chi connectivity index (χ0) is 36.3. The molecule has 4 aliphatic carbocycles. The van der Waals surface area contributed by atoms with E-state index in [4.69, 9.17) is 9.47 Å². The summed E-state index contributed by atoms with van der Waals surface area (Å²) >= 11 is 3.14. The molecule has 266 valence electrons. The molecule has 2 aliphatic heterocycles. The van der Waals surface area contributed by atoms with Crippen LogP contribution in [0.1, 0.15) is 127 Å². The number of allylic oxidation sites excluding steroid dienone is 2. The van der Waals surface area contributed by atoms with Crippen LogP contribution < -0.4 is 9.47 Å². The van der Waals surface area contributed by atoms with Crippen LogP contribution >= 0.6 is 22.7 Å². The predicted molar refractivity (Wildman–Crippen MR) is 210 cm³/mol. The van der Waals surface area contributed by atoms with Crippen molar-refractivity contribution in [2.75, 3.05) is 0 Å². The largest absolute Gasteiger partial charge is 0.481 e. The third kappa shape index (κ3) is 4.56. The Morgan fingerprint density at radius 3 is 1.17 bits per heavy atom. The molecular formula is C46H34O6S2. The second-order valence-corrected chi connectivity index (χ2v) is 17.6. The smallest absolute Gasteiger partial charge is 0.197 e. The summed E-state index contributed by atoms with van der Waals surface area (Å²) in [5, 5.41) is 0. The van der Waals surface area contributed by atoms with Gasteiger partial charge in [0.15, 0.2) is 23.1 Å². The molecule has 6 nitrogen and oxygen atoms in total. The van der Waals surface area contributed by atoms with Crippen LogP contribution in [0.2, 0.25) is 0 Å². The number of hydrogen-bond donors (Lipinski definition) is 0. The molecule has 54 heavy (non-hydrogen) atoms. The highest BCUT2D eigenvalue weighted by Gasteiger charge is 2.48. The highest BCUT2D eigenvalue weighted by Crippen LogP contribution is 2.60. The van der Waals surface area contributed by atoms with Gasteiger partial charge in [0.25, 0.3) is 0 Å². The van der Waals surface area contributed by atoms with Gasteiger partial charge in [-0.15, -0.1) is 22.7 Å². The van der Waals surface area contributed by atoms with Gasteiger partial charge in [-0.1, -0.05) is 61.4 Å². The van der Waals surface area contributed by atoms with Gasteiger partial charge in [0, 0.05) is 54.3 Å². The number of thiophene rings is 2. The molecule has 4 heterocycles. The maximum absolute atomic E-state index is 13.3. The van der Waals surface area contributed by atoms with Crippen LogP contribution in [0.25, 0.3) is 33.0 Å². The first kappa shape index (κ1) is 32.3. The fraction of sp³-hybridized carbons (Fsp3) is 0.261. The molecule has 0 amide bonds. The molecule has 2 spiro atoms. The van der Waals surface area contributed by atoms with Crippen LogP contribution in [0.3, 0.4) is 0 Å². The van der Waals surface area contributed by atoms with Gasteiger partial charge in [-0.25, -0.2) is 0 Å². The highest BCUT2D eigenvalue weighted by molar-refractivity contribution is 7.17. The molecule has 8 heteroatoms. The third-order valence-corrected chi connectivity index (χ3v) is 14.6. The Balaban J connectivity index is 1.07. The normalized spacial score (nSPS) is 19.8. The number of ether oxygens (including phenoxy) is 2. The Morgan fingerprint density at radius 1 is 0.463 bits per heavy atom. The van der Waals surface area contributed by atoms with Crippen molar-refractivity contribution in [3.05, 3.63) is 127 Å². The summed E-state index contributed by atoms with van der Waals surface area (Å²) in [7, 11) is 0. The Morgan fingerprint density at radius 2 is 0.815 bits per heavy atom. The van der Waals surface area contributed by atoms with E-state index in [1.54, 1.807) is 83.4 Å². The van der Waals surface area contributed by atoms with Gasteiger partial charge >= 0.3 is 0 Å². The molecule has 2 fully saturated rings. The van der Waals surface area contributed by atoms with Crippen molar-refractivity contribution >= 4 is 58.0 Å². The first-order chi connectivity index (χ1) is 26.3. The van der Waals surface area contributed by atoms with Crippen molar-refractivity contribution in [1.82, 2.24) is 0 Å². The molecule has 5 aromatic rings. The molecule has 3 aromatic carbocycles. The van der Waals surface area contributed by atoms with Crippen LogP contribution in [0.5, 0.6) is 11.5 Å². The maximum Gasteiger partial charge on any atom is 0.197 e. The van der Waals surface area contributed by atoms with Crippen molar-refractivity contribution in [3.63, 3.8) is 0 Å². The zero-order valence-electron chi connectivity index (χ0n) is 29.4. The summed E-state index contributed by atoms with van der Waals surface area (Å²) in [6.45, 7) is 0. The average Bonchev–Trinajstić information content (AvgIpc) is 3.92. The number of ketones is 4. The number of hydrogen-bond acceptors (Lipinski definition) is 8. The number of Topliss-reactive ketones (excluding diaryl/α,β-unsaturated/α-hetero) is 4. The number of benzene rings is 3. The van der Waals surface area contributed by atoms with E-state index in [2.05, 4.69) is 12.1 Å².